The normalized spacial score (nSPS) is 36.3. The predicted octanol–water partition coefficient (Wildman–Crippen LogP) is 1.16. The van der Waals surface area contributed by atoms with Gasteiger partial charge >= 0.3 is 11.9 Å². The van der Waals surface area contributed by atoms with E-state index in [0.29, 0.717) is 6.42 Å². The first-order valence-electron chi connectivity index (χ1n) is 6.05. The molecule has 0 aromatic heterocycles. The number of cyclic esters (lactones) is 2. The van der Waals surface area contributed by atoms with Crippen LogP contribution in [0.1, 0.15) is 29.4 Å². The summed E-state index contributed by atoms with van der Waals surface area (Å²) in [4.78, 5) is 35.6. The minimum Gasteiger partial charge on any atom is -0.393 e. The van der Waals surface area contributed by atoms with Crippen LogP contribution < -0.4 is 0 Å². The van der Waals surface area contributed by atoms with Gasteiger partial charge in [-0.25, -0.2) is 0 Å². The van der Waals surface area contributed by atoms with Crippen LogP contribution >= 0.6 is 0 Å². The van der Waals surface area contributed by atoms with E-state index < -0.39 is 29.7 Å². The van der Waals surface area contributed by atoms with Crippen molar-refractivity contribution in [3.05, 3.63) is 35.4 Å². The molecule has 5 rings (SSSR count). The lowest BCUT2D eigenvalue weighted by molar-refractivity contribution is -0.154. The fraction of sp³-hybridized carbons (Fsp3) is 0.357. The van der Waals surface area contributed by atoms with E-state index in [4.69, 9.17) is 4.74 Å². The third kappa shape index (κ3) is 0.991. The first-order chi connectivity index (χ1) is 8.68. The van der Waals surface area contributed by atoms with E-state index in [1.165, 1.54) is 0 Å². The molecule has 0 N–H and O–H groups in total. The number of Topliss-reactive ketones (excluding diaryl/α,β-unsaturated/α-hetero) is 1. The van der Waals surface area contributed by atoms with E-state index in [0.717, 1.165) is 11.1 Å². The van der Waals surface area contributed by atoms with E-state index in [2.05, 4.69) is 0 Å². The maximum absolute atomic E-state index is 12.1. The Labute approximate surface area is 103 Å². The van der Waals surface area contributed by atoms with Gasteiger partial charge in [0.05, 0.1) is 17.8 Å². The van der Waals surface area contributed by atoms with Crippen LogP contribution in [0.25, 0.3) is 0 Å². The minimum atomic E-state index is -0.585. The SMILES string of the molecule is O=C1OC(=O)[C@H]2[C@@H]1[C@@H]1C(=O)C[C@H]2c2ccccc21. The summed E-state index contributed by atoms with van der Waals surface area (Å²) in [6, 6.07) is 7.60. The lowest BCUT2D eigenvalue weighted by Crippen LogP contribution is -2.44. The van der Waals surface area contributed by atoms with E-state index in [1.54, 1.807) is 0 Å². The molecule has 18 heavy (non-hydrogen) atoms. The Balaban J connectivity index is 1.98. The summed E-state index contributed by atoms with van der Waals surface area (Å²) < 4.78 is 4.74. The van der Waals surface area contributed by atoms with Crippen molar-refractivity contribution in [2.75, 3.05) is 0 Å². The van der Waals surface area contributed by atoms with Gasteiger partial charge in [-0.2, -0.15) is 0 Å². The molecule has 2 bridgehead atoms. The lowest BCUT2D eigenvalue weighted by atomic mass is 9.56. The fourth-order valence-corrected chi connectivity index (χ4v) is 3.76. The van der Waals surface area contributed by atoms with Crippen molar-refractivity contribution in [2.24, 2.45) is 11.8 Å². The number of fused-ring (bicyclic) bond motifs is 1. The number of hydrogen-bond donors (Lipinski definition) is 0. The van der Waals surface area contributed by atoms with Gasteiger partial charge in [0.2, 0.25) is 0 Å². The Bertz CT molecular complexity index is 604. The molecule has 1 saturated heterocycles. The summed E-state index contributed by atoms with van der Waals surface area (Å²) in [7, 11) is 0. The smallest absolute Gasteiger partial charge is 0.318 e. The largest absolute Gasteiger partial charge is 0.393 e. The Morgan fingerprint density at radius 1 is 0.944 bits per heavy atom. The number of ketones is 1. The number of ether oxygens (including phenoxy) is 1. The monoisotopic (exact) mass is 242 g/mol. The maximum Gasteiger partial charge on any atom is 0.318 e. The highest BCUT2D eigenvalue weighted by Crippen LogP contribution is 2.56. The summed E-state index contributed by atoms with van der Waals surface area (Å²) >= 11 is 0. The topological polar surface area (TPSA) is 60.4 Å². The highest BCUT2D eigenvalue weighted by molar-refractivity contribution is 6.05. The number of esters is 2. The van der Waals surface area contributed by atoms with Gasteiger partial charge in [0.25, 0.3) is 0 Å². The van der Waals surface area contributed by atoms with Gasteiger partial charge < -0.3 is 4.74 Å². The zero-order chi connectivity index (χ0) is 12.4. The second-order valence-corrected chi connectivity index (χ2v) is 5.18. The van der Waals surface area contributed by atoms with Crippen LogP contribution in [0.4, 0.5) is 0 Å². The van der Waals surface area contributed by atoms with Crippen LogP contribution in [0, 0.1) is 11.8 Å². The summed E-state index contributed by atoms with van der Waals surface area (Å²) in [5, 5.41) is 0. The summed E-state index contributed by atoms with van der Waals surface area (Å²) in [6.45, 7) is 0. The van der Waals surface area contributed by atoms with Crippen molar-refractivity contribution in [3.8, 4) is 0 Å². The van der Waals surface area contributed by atoms with Crippen molar-refractivity contribution < 1.29 is 19.1 Å². The van der Waals surface area contributed by atoms with E-state index in [-0.39, 0.29) is 11.7 Å². The quantitative estimate of drug-likeness (QED) is 0.506. The van der Waals surface area contributed by atoms with Crippen LogP contribution in [-0.2, 0) is 19.1 Å². The van der Waals surface area contributed by atoms with E-state index >= 15 is 0 Å². The molecule has 4 aliphatic rings. The number of carbonyl (C=O) groups is 3. The molecule has 90 valence electrons. The maximum atomic E-state index is 12.1. The molecular weight excluding hydrogens is 232 g/mol. The second kappa shape index (κ2) is 3.07. The third-order valence-electron chi connectivity index (χ3n) is 4.42. The van der Waals surface area contributed by atoms with E-state index in [1.807, 2.05) is 24.3 Å². The Morgan fingerprint density at radius 2 is 1.61 bits per heavy atom. The van der Waals surface area contributed by atoms with Gasteiger partial charge in [0, 0.05) is 12.3 Å². The molecule has 0 unspecified atom stereocenters. The zero-order valence-corrected chi connectivity index (χ0v) is 9.46. The van der Waals surface area contributed by atoms with Crippen LogP contribution in [0.15, 0.2) is 24.3 Å². The first-order valence-corrected chi connectivity index (χ1v) is 6.05. The molecule has 0 radical (unpaired) electrons. The number of carbonyl (C=O) groups excluding carboxylic acids is 3. The first kappa shape index (κ1) is 10.00. The van der Waals surface area contributed by atoms with Crippen molar-refractivity contribution in [1.29, 1.82) is 0 Å². The fourth-order valence-electron chi connectivity index (χ4n) is 3.76. The molecular formula is C14H10O4. The molecule has 4 heteroatoms. The molecule has 4 atom stereocenters. The molecule has 0 spiro atoms. The van der Waals surface area contributed by atoms with Crippen molar-refractivity contribution >= 4 is 17.7 Å². The van der Waals surface area contributed by atoms with Gasteiger partial charge in [-0.3, -0.25) is 14.4 Å². The molecule has 1 aromatic carbocycles. The average molecular weight is 242 g/mol. The number of hydrogen-bond acceptors (Lipinski definition) is 4. The zero-order valence-electron chi connectivity index (χ0n) is 9.46. The van der Waals surface area contributed by atoms with Crippen molar-refractivity contribution in [1.82, 2.24) is 0 Å². The van der Waals surface area contributed by atoms with Crippen LogP contribution in [0.5, 0.6) is 0 Å². The van der Waals surface area contributed by atoms with Gasteiger partial charge in [-0.1, -0.05) is 24.3 Å². The van der Waals surface area contributed by atoms with Gasteiger partial charge in [-0.05, 0) is 11.1 Å². The Kier molecular flexibility index (Phi) is 1.71. The predicted molar refractivity (Wildman–Crippen MR) is 59.6 cm³/mol. The molecule has 2 fully saturated rings. The average Bonchev–Trinajstić information content (AvgIpc) is 2.66. The van der Waals surface area contributed by atoms with Gasteiger partial charge in [0.15, 0.2) is 0 Å². The molecule has 3 aliphatic carbocycles. The third-order valence-corrected chi connectivity index (χ3v) is 4.42. The highest BCUT2D eigenvalue weighted by Gasteiger charge is 2.61. The molecule has 4 nitrogen and oxygen atoms in total. The second-order valence-electron chi connectivity index (χ2n) is 5.18. The molecule has 1 aliphatic heterocycles. The van der Waals surface area contributed by atoms with Crippen LogP contribution in [-0.4, -0.2) is 17.7 Å². The molecule has 0 amide bonds. The summed E-state index contributed by atoms with van der Waals surface area (Å²) in [5.41, 5.74) is 1.95. The van der Waals surface area contributed by atoms with Gasteiger partial charge in [-0.15, -0.1) is 0 Å². The molecule has 1 saturated carbocycles. The number of benzene rings is 1. The summed E-state index contributed by atoms with van der Waals surface area (Å²) in [5.74, 6) is -2.61. The van der Waals surface area contributed by atoms with E-state index in [9.17, 15) is 14.4 Å². The standard InChI is InChI=1S/C14H10O4/c15-9-5-8-6-3-1-2-4-7(6)10(9)12-11(8)13(16)18-14(12)17/h1-4,8,10-12H,5H2/t8-,10-,11+,12-/m0/s1. The van der Waals surface area contributed by atoms with Crippen molar-refractivity contribution in [3.63, 3.8) is 0 Å². The van der Waals surface area contributed by atoms with Crippen molar-refractivity contribution in [2.45, 2.75) is 18.3 Å². The minimum absolute atomic E-state index is 0.0617. The summed E-state index contributed by atoms with van der Waals surface area (Å²) in [6.07, 6.45) is 0.352. The lowest BCUT2D eigenvalue weighted by Gasteiger charge is -2.42. The van der Waals surface area contributed by atoms with Gasteiger partial charge in [0.1, 0.15) is 5.78 Å². The highest BCUT2D eigenvalue weighted by atomic mass is 16.6. The van der Waals surface area contributed by atoms with Crippen LogP contribution in [0.2, 0.25) is 0 Å². The van der Waals surface area contributed by atoms with Crippen LogP contribution in [0.3, 0.4) is 0 Å². The molecule has 1 heterocycles. The molecule has 1 aromatic rings. The Hall–Kier alpha value is -1.97. The number of rotatable bonds is 0. The Morgan fingerprint density at radius 3 is 2.39 bits per heavy atom.